The Hall–Kier alpha value is -2.61. The molecule has 0 radical (unpaired) electrons. The lowest BCUT2D eigenvalue weighted by Crippen LogP contribution is -2.35. The van der Waals surface area contributed by atoms with E-state index in [0.717, 1.165) is 41.7 Å². The number of amidine groups is 1. The van der Waals surface area contributed by atoms with Crippen LogP contribution < -0.4 is 10.5 Å². The van der Waals surface area contributed by atoms with Gasteiger partial charge in [-0.2, -0.15) is 0 Å². The van der Waals surface area contributed by atoms with E-state index in [9.17, 15) is 4.79 Å². The molecule has 2 aromatic rings. The summed E-state index contributed by atoms with van der Waals surface area (Å²) in [5, 5.41) is 7.45. The molecule has 1 aliphatic heterocycles. The number of rotatable bonds is 8. The predicted molar refractivity (Wildman–Crippen MR) is 121 cm³/mol. The molecule has 0 spiro atoms. The Morgan fingerprint density at radius 2 is 1.81 bits per heavy atom. The van der Waals surface area contributed by atoms with E-state index < -0.39 is 6.10 Å². The summed E-state index contributed by atoms with van der Waals surface area (Å²) in [5.41, 5.74) is 7.62. The monoisotopic (exact) mass is 444 g/mol. The van der Waals surface area contributed by atoms with Gasteiger partial charge in [0.2, 0.25) is 0 Å². The van der Waals surface area contributed by atoms with E-state index in [4.69, 9.17) is 32.4 Å². The van der Waals surface area contributed by atoms with Gasteiger partial charge in [0.05, 0.1) is 6.54 Å². The quantitative estimate of drug-likeness (QED) is 0.370. The molecule has 1 unspecified atom stereocenters. The van der Waals surface area contributed by atoms with Crippen molar-refractivity contribution >= 4 is 23.5 Å². The average molecular weight is 445 g/mol. The summed E-state index contributed by atoms with van der Waals surface area (Å²) < 4.78 is 12.6. The number of ether oxygens (including phenoxy) is 2. The van der Waals surface area contributed by atoms with Crippen molar-refractivity contribution in [2.45, 2.75) is 31.6 Å². The van der Waals surface area contributed by atoms with Crippen molar-refractivity contribution in [3.8, 4) is 5.75 Å². The van der Waals surface area contributed by atoms with Crippen LogP contribution in [0.4, 0.5) is 0 Å². The van der Waals surface area contributed by atoms with Crippen LogP contribution >= 0.6 is 11.8 Å². The molecule has 1 amide bonds. The maximum Gasteiger partial charge on any atom is 0.270 e. The topological polar surface area (TPSA) is 91.9 Å². The third-order valence-electron chi connectivity index (χ3n) is 5.44. The Bertz CT molecular complexity index is 881. The van der Waals surface area contributed by atoms with Crippen LogP contribution in [0.1, 0.15) is 35.6 Å². The summed E-state index contributed by atoms with van der Waals surface area (Å²) in [4.78, 5) is 15.2. The molecule has 8 heteroatoms. The normalized spacial score (nSPS) is 16.0. The number of piperidine rings is 1. The van der Waals surface area contributed by atoms with Crippen molar-refractivity contribution in [3.05, 3.63) is 65.2 Å². The summed E-state index contributed by atoms with van der Waals surface area (Å²) >= 11 is 6.27. The summed E-state index contributed by atoms with van der Waals surface area (Å²) in [6, 6.07) is 14.4. The van der Waals surface area contributed by atoms with Gasteiger partial charge in [0.1, 0.15) is 17.7 Å². The Morgan fingerprint density at radius 1 is 1.19 bits per heavy atom. The van der Waals surface area contributed by atoms with Gasteiger partial charge in [-0.3, -0.25) is 10.2 Å². The molecule has 0 aromatic heterocycles. The first-order valence-corrected chi connectivity index (χ1v) is 10.6. The van der Waals surface area contributed by atoms with Gasteiger partial charge in [0.25, 0.3) is 5.91 Å². The molecule has 3 N–H and O–H groups in total. The van der Waals surface area contributed by atoms with E-state index in [0.29, 0.717) is 11.1 Å². The van der Waals surface area contributed by atoms with E-state index in [2.05, 4.69) is 11.9 Å². The van der Waals surface area contributed by atoms with Crippen LogP contribution in [0.15, 0.2) is 48.5 Å². The zero-order valence-corrected chi connectivity index (χ0v) is 18.6. The Morgan fingerprint density at radius 3 is 2.35 bits per heavy atom. The number of hydrogen-bond donors (Lipinski definition) is 2. The number of halogens is 1. The average Bonchev–Trinajstić information content (AvgIpc) is 2.77. The van der Waals surface area contributed by atoms with Crippen LogP contribution in [0, 0.1) is 5.41 Å². The maximum absolute atomic E-state index is 12.9. The highest BCUT2D eigenvalue weighted by Gasteiger charge is 2.26. The molecule has 3 rings (SSSR count). The third-order valence-corrected chi connectivity index (χ3v) is 5.72. The maximum atomic E-state index is 12.9. The van der Waals surface area contributed by atoms with Gasteiger partial charge in [-0.1, -0.05) is 36.4 Å². The highest BCUT2D eigenvalue weighted by molar-refractivity contribution is 6.21. The molecule has 2 aromatic carbocycles. The molecule has 0 aliphatic carbocycles. The summed E-state index contributed by atoms with van der Waals surface area (Å²) in [5.74, 6) is 0.422. The second-order valence-electron chi connectivity index (χ2n) is 7.77. The lowest BCUT2D eigenvalue weighted by Gasteiger charge is -2.29. The zero-order valence-electron chi connectivity index (χ0n) is 17.9. The van der Waals surface area contributed by atoms with E-state index in [1.54, 1.807) is 24.3 Å². The molecule has 1 atom stereocenters. The highest BCUT2D eigenvalue weighted by atomic mass is 35.5. The van der Waals surface area contributed by atoms with Crippen LogP contribution in [0.2, 0.25) is 0 Å². The molecular weight excluding hydrogens is 416 g/mol. The molecule has 1 aliphatic rings. The summed E-state index contributed by atoms with van der Waals surface area (Å²) in [7, 11) is 3.60. The lowest BCUT2D eigenvalue weighted by atomic mass is 10.1. The molecule has 1 fully saturated rings. The van der Waals surface area contributed by atoms with Gasteiger partial charge in [0, 0.05) is 37.5 Å². The highest BCUT2D eigenvalue weighted by Crippen LogP contribution is 2.25. The third kappa shape index (κ3) is 6.19. The number of amides is 1. The number of hydrogen-bond acceptors (Lipinski definition) is 5. The van der Waals surface area contributed by atoms with Crippen LogP contribution in [-0.2, 0) is 16.1 Å². The second kappa shape index (κ2) is 10.6. The SMILES string of the molecule is COC(C(=O)N(Cl)Cc1ccc(C(=N)N)cc1)c1ccc(OC2CCN(C)CC2)cc1. The molecule has 1 heterocycles. The largest absolute Gasteiger partial charge is 0.490 e. The van der Waals surface area contributed by atoms with Gasteiger partial charge in [-0.05, 0) is 43.1 Å². The van der Waals surface area contributed by atoms with Crippen LogP contribution in [-0.4, -0.2) is 54.4 Å². The number of nitrogens with zero attached hydrogens (tertiary/aromatic N) is 2. The fourth-order valence-electron chi connectivity index (χ4n) is 3.55. The number of nitrogen functional groups attached to an aromatic ring is 1. The Labute approximate surface area is 188 Å². The van der Waals surface area contributed by atoms with Crippen molar-refractivity contribution in [1.82, 2.24) is 9.32 Å². The summed E-state index contributed by atoms with van der Waals surface area (Å²) in [6.45, 7) is 2.27. The van der Waals surface area contributed by atoms with Crippen molar-refractivity contribution in [3.63, 3.8) is 0 Å². The molecule has 166 valence electrons. The van der Waals surface area contributed by atoms with Crippen LogP contribution in [0.5, 0.6) is 5.75 Å². The standard InChI is InChI=1S/C23H29ClN4O3/c1-27-13-11-20(12-14-27)31-19-9-7-17(8-10-19)21(30-2)23(29)28(24)15-16-3-5-18(6-4-16)22(25)26/h3-10,20-21H,11-15H2,1-2H3,(H3,25,26). The minimum absolute atomic E-state index is 0.00643. The van der Waals surface area contributed by atoms with Gasteiger partial charge >= 0.3 is 0 Å². The number of methoxy groups -OCH3 is 1. The van der Waals surface area contributed by atoms with Gasteiger partial charge in [0.15, 0.2) is 6.10 Å². The van der Waals surface area contributed by atoms with Crippen molar-refractivity contribution in [2.75, 3.05) is 27.2 Å². The molecule has 1 saturated heterocycles. The van der Waals surface area contributed by atoms with E-state index in [1.165, 1.54) is 7.11 Å². The molecule has 0 saturated carbocycles. The minimum atomic E-state index is -0.814. The van der Waals surface area contributed by atoms with Crippen LogP contribution in [0.25, 0.3) is 0 Å². The second-order valence-corrected chi connectivity index (χ2v) is 8.18. The number of nitrogens with one attached hydrogen (secondary N) is 1. The first-order valence-electron chi connectivity index (χ1n) is 10.3. The Kier molecular flexibility index (Phi) is 7.90. The van der Waals surface area contributed by atoms with Crippen molar-refractivity contribution < 1.29 is 14.3 Å². The molecule has 7 nitrogen and oxygen atoms in total. The fraction of sp³-hybridized carbons (Fsp3) is 0.391. The fourth-order valence-corrected chi connectivity index (χ4v) is 3.78. The minimum Gasteiger partial charge on any atom is -0.490 e. The molecule has 31 heavy (non-hydrogen) atoms. The van der Waals surface area contributed by atoms with Crippen LogP contribution in [0.3, 0.4) is 0 Å². The smallest absolute Gasteiger partial charge is 0.270 e. The number of nitrogens with two attached hydrogens (primary N) is 1. The van der Waals surface area contributed by atoms with E-state index in [1.807, 2.05) is 24.3 Å². The number of benzene rings is 2. The zero-order chi connectivity index (χ0) is 22.4. The van der Waals surface area contributed by atoms with Gasteiger partial charge in [-0.15, -0.1) is 0 Å². The van der Waals surface area contributed by atoms with Crippen molar-refractivity contribution in [1.29, 1.82) is 5.41 Å². The first-order chi connectivity index (χ1) is 14.9. The van der Waals surface area contributed by atoms with Crippen molar-refractivity contribution in [2.24, 2.45) is 5.73 Å². The van der Waals surface area contributed by atoms with E-state index in [-0.39, 0.29) is 24.4 Å². The van der Waals surface area contributed by atoms with Gasteiger partial charge < -0.3 is 20.1 Å². The molecular formula is C23H29ClN4O3. The van der Waals surface area contributed by atoms with E-state index >= 15 is 0 Å². The molecule has 0 bridgehead atoms. The predicted octanol–water partition coefficient (Wildman–Crippen LogP) is 3.31. The number of likely N-dealkylation sites (tertiary alicyclic amines) is 1. The number of carbonyl (C=O) groups is 1. The van der Waals surface area contributed by atoms with Gasteiger partial charge in [-0.25, -0.2) is 4.42 Å². The summed E-state index contributed by atoms with van der Waals surface area (Å²) in [6.07, 6.45) is 1.42. The Balaban J connectivity index is 1.60. The lowest BCUT2D eigenvalue weighted by molar-refractivity contribution is -0.137. The number of carbonyl (C=O) groups excluding carboxylic acids is 1. The first kappa shape index (κ1) is 23.1.